The summed E-state index contributed by atoms with van der Waals surface area (Å²) in [7, 11) is 0. The van der Waals surface area contributed by atoms with Crippen molar-refractivity contribution in [2.45, 2.75) is 24.4 Å². The molecule has 1 aromatic heterocycles. The van der Waals surface area contributed by atoms with Crippen LogP contribution in [0.15, 0.2) is 48.8 Å². The molecule has 19 heavy (non-hydrogen) atoms. The number of aromatic nitrogens is 1. The lowest BCUT2D eigenvalue weighted by molar-refractivity contribution is 0.110. The lowest BCUT2D eigenvalue weighted by Gasteiger charge is -2.28. The average molecular weight is 250 g/mol. The molecule has 0 saturated heterocycles. The molecule has 1 aromatic carbocycles. The van der Waals surface area contributed by atoms with E-state index in [-0.39, 0.29) is 0 Å². The number of fused-ring (bicyclic) bond motifs is 1. The highest BCUT2D eigenvalue weighted by Gasteiger charge is 2.45. The maximum Gasteiger partial charge on any atom is 0.113 e. The lowest BCUT2D eigenvalue weighted by atomic mass is 9.76. The van der Waals surface area contributed by atoms with Crippen LogP contribution >= 0.6 is 0 Å². The Morgan fingerprint density at radius 1 is 1.26 bits per heavy atom. The zero-order valence-electron chi connectivity index (χ0n) is 10.5. The van der Waals surface area contributed by atoms with Crippen LogP contribution in [0.3, 0.4) is 0 Å². The smallest absolute Gasteiger partial charge is 0.113 e. The summed E-state index contributed by atoms with van der Waals surface area (Å²) in [6.45, 7) is 0. The average Bonchev–Trinajstić information content (AvgIpc) is 2.87. The molecule has 2 aromatic rings. The van der Waals surface area contributed by atoms with Gasteiger partial charge in [-0.25, -0.2) is 0 Å². The summed E-state index contributed by atoms with van der Waals surface area (Å²) in [5.41, 5.74) is 1.96. The predicted octanol–water partition coefficient (Wildman–Crippen LogP) is 2.52. The van der Waals surface area contributed by atoms with Gasteiger partial charge in [0.1, 0.15) is 11.5 Å². The number of nitriles is 1. The monoisotopic (exact) mass is 250 g/mol. The van der Waals surface area contributed by atoms with Gasteiger partial charge in [-0.15, -0.1) is 0 Å². The number of aliphatic hydroxyl groups is 1. The fraction of sp³-hybridized carbons (Fsp3) is 0.250. The molecule has 1 aliphatic carbocycles. The Morgan fingerprint density at radius 2 is 2.11 bits per heavy atom. The summed E-state index contributed by atoms with van der Waals surface area (Å²) in [5.74, 6) is 0. The number of benzene rings is 1. The van der Waals surface area contributed by atoms with Crippen LogP contribution in [0.25, 0.3) is 0 Å². The molecule has 0 aliphatic heterocycles. The standard InChI is InChI=1S/C16H14N2O/c17-11-16(15(19)13-5-3-9-18-10-13)8-7-12-4-1-2-6-14(12)16/h1-6,9-10,15,19H,7-8H2. The van der Waals surface area contributed by atoms with Crippen molar-refractivity contribution in [3.8, 4) is 6.07 Å². The van der Waals surface area contributed by atoms with Crippen LogP contribution in [-0.2, 0) is 11.8 Å². The quantitative estimate of drug-likeness (QED) is 0.891. The van der Waals surface area contributed by atoms with Crippen LogP contribution in [0.5, 0.6) is 0 Å². The zero-order valence-corrected chi connectivity index (χ0v) is 10.5. The summed E-state index contributed by atoms with van der Waals surface area (Å²) < 4.78 is 0. The second-order valence-electron chi connectivity index (χ2n) is 4.93. The largest absolute Gasteiger partial charge is 0.386 e. The van der Waals surface area contributed by atoms with Gasteiger partial charge in [-0.2, -0.15) is 5.26 Å². The molecule has 0 saturated carbocycles. The van der Waals surface area contributed by atoms with Crippen LogP contribution in [0.1, 0.15) is 29.2 Å². The summed E-state index contributed by atoms with van der Waals surface area (Å²) in [6.07, 6.45) is 3.94. The van der Waals surface area contributed by atoms with Gasteiger partial charge in [-0.1, -0.05) is 30.3 Å². The number of aryl methyl sites for hydroxylation is 1. The van der Waals surface area contributed by atoms with E-state index in [1.807, 2.05) is 30.3 Å². The SMILES string of the molecule is N#CC1(C(O)c2cccnc2)CCc2ccccc21. The zero-order chi connectivity index (χ0) is 13.3. The van der Waals surface area contributed by atoms with Crippen molar-refractivity contribution < 1.29 is 5.11 Å². The topological polar surface area (TPSA) is 56.9 Å². The minimum Gasteiger partial charge on any atom is -0.386 e. The molecule has 3 rings (SSSR count). The Bertz CT molecular complexity index is 633. The highest BCUT2D eigenvalue weighted by Crippen LogP contribution is 2.46. The molecule has 1 N–H and O–H groups in total. The highest BCUT2D eigenvalue weighted by atomic mass is 16.3. The third-order valence-electron chi connectivity index (χ3n) is 3.95. The van der Waals surface area contributed by atoms with E-state index in [4.69, 9.17) is 0 Å². The first kappa shape index (κ1) is 11.9. The molecule has 0 radical (unpaired) electrons. The molecule has 94 valence electrons. The van der Waals surface area contributed by atoms with Crippen molar-refractivity contribution in [1.29, 1.82) is 5.26 Å². The molecule has 3 nitrogen and oxygen atoms in total. The van der Waals surface area contributed by atoms with E-state index in [9.17, 15) is 10.4 Å². The van der Waals surface area contributed by atoms with Crippen molar-refractivity contribution in [2.75, 3.05) is 0 Å². The van der Waals surface area contributed by atoms with Crippen LogP contribution in [-0.4, -0.2) is 10.1 Å². The molecule has 0 fully saturated rings. The van der Waals surface area contributed by atoms with Gasteiger partial charge in [0.15, 0.2) is 0 Å². The van der Waals surface area contributed by atoms with E-state index in [0.29, 0.717) is 12.0 Å². The first-order chi connectivity index (χ1) is 9.28. The van der Waals surface area contributed by atoms with Gasteiger partial charge in [0.25, 0.3) is 0 Å². The molecule has 1 aliphatic rings. The highest BCUT2D eigenvalue weighted by molar-refractivity contribution is 5.47. The Hall–Kier alpha value is -2.18. The Labute approximate surface area is 112 Å². The Kier molecular flexibility index (Phi) is 2.81. The first-order valence-corrected chi connectivity index (χ1v) is 6.35. The van der Waals surface area contributed by atoms with Crippen LogP contribution in [0.2, 0.25) is 0 Å². The number of hydrogen-bond acceptors (Lipinski definition) is 3. The summed E-state index contributed by atoms with van der Waals surface area (Å²) >= 11 is 0. The van der Waals surface area contributed by atoms with Crippen molar-refractivity contribution in [2.24, 2.45) is 0 Å². The molecule has 0 spiro atoms. The van der Waals surface area contributed by atoms with Gasteiger partial charge in [0.2, 0.25) is 0 Å². The van der Waals surface area contributed by atoms with E-state index in [1.165, 1.54) is 0 Å². The van der Waals surface area contributed by atoms with E-state index in [0.717, 1.165) is 17.5 Å². The molecule has 0 bridgehead atoms. The van der Waals surface area contributed by atoms with Gasteiger partial charge >= 0.3 is 0 Å². The van der Waals surface area contributed by atoms with E-state index >= 15 is 0 Å². The molecule has 0 amide bonds. The number of aliphatic hydroxyl groups excluding tert-OH is 1. The number of rotatable bonds is 2. The molecular weight excluding hydrogens is 236 g/mol. The van der Waals surface area contributed by atoms with Gasteiger partial charge < -0.3 is 5.11 Å². The number of pyridine rings is 1. The third kappa shape index (κ3) is 1.73. The van der Waals surface area contributed by atoms with Crippen LogP contribution in [0.4, 0.5) is 0 Å². The van der Waals surface area contributed by atoms with Gasteiger partial charge in [0.05, 0.1) is 6.07 Å². The minimum atomic E-state index is -0.848. The van der Waals surface area contributed by atoms with Crippen molar-refractivity contribution in [1.82, 2.24) is 4.98 Å². The van der Waals surface area contributed by atoms with Crippen molar-refractivity contribution in [3.63, 3.8) is 0 Å². The van der Waals surface area contributed by atoms with Gasteiger partial charge in [0, 0.05) is 18.0 Å². The van der Waals surface area contributed by atoms with Gasteiger partial charge in [-0.3, -0.25) is 4.98 Å². The van der Waals surface area contributed by atoms with Crippen LogP contribution in [0, 0.1) is 11.3 Å². The second-order valence-corrected chi connectivity index (χ2v) is 4.93. The molecular formula is C16H14N2O. The summed E-state index contributed by atoms with van der Waals surface area (Å²) in [6, 6.07) is 13.8. The van der Waals surface area contributed by atoms with Crippen molar-refractivity contribution in [3.05, 3.63) is 65.5 Å². The molecule has 1 heterocycles. The lowest BCUT2D eigenvalue weighted by Crippen LogP contribution is -2.29. The summed E-state index contributed by atoms with van der Waals surface area (Å²) in [4.78, 5) is 4.03. The maximum absolute atomic E-state index is 10.7. The normalized spacial score (nSPS) is 22.5. The summed E-state index contributed by atoms with van der Waals surface area (Å²) in [5, 5.41) is 20.3. The Morgan fingerprint density at radius 3 is 2.84 bits per heavy atom. The van der Waals surface area contributed by atoms with Crippen molar-refractivity contribution >= 4 is 0 Å². The second kappa shape index (κ2) is 4.49. The number of hydrogen-bond donors (Lipinski definition) is 1. The molecule has 2 unspecified atom stereocenters. The first-order valence-electron chi connectivity index (χ1n) is 6.35. The van der Waals surface area contributed by atoms with Gasteiger partial charge in [-0.05, 0) is 30.0 Å². The molecule has 2 atom stereocenters. The maximum atomic E-state index is 10.7. The van der Waals surface area contributed by atoms with E-state index in [2.05, 4.69) is 11.1 Å². The van der Waals surface area contributed by atoms with Crippen LogP contribution < -0.4 is 0 Å². The fourth-order valence-corrected chi connectivity index (χ4v) is 2.92. The fourth-order valence-electron chi connectivity index (χ4n) is 2.92. The molecule has 3 heteroatoms. The third-order valence-corrected chi connectivity index (χ3v) is 3.95. The minimum absolute atomic E-state index is 0.652. The number of nitrogens with zero attached hydrogens (tertiary/aromatic N) is 2. The predicted molar refractivity (Wildman–Crippen MR) is 71.3 cm³/mol. The van der Waals surface area contributed by atoms with E-state index < -0.39 is 11.5 Å². The van der Waals surface area contributed by atoms with E-state index in [1.54, 1.807) is 18.5 Å². The Balaban J connectivity index is 2.10.